The molecule has 9 atom stereocenters. The Morgan fingerprint density at radius 1 is 0.429 bits per heavy atom. The zero-order chi connectivity index (χ0) is 31.2. The summed E-state index contributed by atoms with van der Waals surface area (Å²) in [6, 6.07) is 20.6. The van der Waals surface area contributed by atoms with Gasteiger partial charge in [0.05, 0.1) is 0 Å². The topological polar surface area (TPSA) is 242 Å². The molecule has 1 saturated carbocycles. The van der Waals surface area contributed by atoms with Gasteiger partial charge in [-0.2, -0.15) is 0 Å². The number of aliphatic hydroxyl groups is 6. The van der Waals surface area contributed by atoms with Crippen LogP contribution in [-0.4, -0.2) is 63.5 Å². The molecule has 0 aliphatic heterocycles. The molecule has 3 aromatic carbocycles. The summed E-state index contributed by atoms with van der Waals surface area (Å²) in [5.74, 6) is 0. The number of hydrogen-bond donors (Lipinski definition) is 6. The Bertz CT molecular complexity index is 1500. The van der Waals surface area contributed by atoms with Gasteiger partial charge in [-0.25, -0.2) is 0 Å². The van der Waals surface area contributed by atoms with Gasteiger partial charge in [0.1, 0.15) is 0 Å². The average molecular weight is 636 g/mol. The Labute approximate surface area is 242 Å². The van der Waals surface area contributed by atoms with Crippen molar-refractivity contribution in [3.8, 4) is 0 Å². The fourth-order valence-corrected chi connectivity index (χ4v) is 9.73. The minimum absolute atomic E-state index is 0.0238. The Hall–Kier alpha value is -2.40. The number of benzene rings is 3. The molecule has 3 unspecified atom stereocenters. The van der Waals surface area contributed by atoms with Crippen LogP contribution in [0.2, 0.25) is 0 Å². The summed E-state index contributed by atoms with van der Waals surface area (Å²) in [4.78, 5) is 39.1. The van der Waals surface area contributed by atoms with Gasteiger partial charge in [-0.1, -0.05) is 105 Å². The molecule has 0 heterocycles. The molecule has 1 aliphatic rings. The van der Waals surface area contributed by atoms with Crippen LogP contribution in [0.1, 0.15) is 16.7 Å². The van der Waals surface area contributed by atoms with Crippen molar-refractivity contribution in [3.63, 3.8) is 0 Å². The van der Waals surface area contributed by atoms with E-state index in [1.807, 2.05) is 0 Å². The van der Waals surface area contributed by atoms with Crippen molar-refractivity contribution in [2.24, 2.45) is 0 Å². The van der Waals surface area contributed by atoms with Crippen LogP contribution in [-0.2, 0) is 33.0 Å². The monoisotopic (exact) mass is 636 g/mol. The van der Waals surface area contributed by atoms with Gasteiger partial charge in [0.15, 0.2) is 11.2 Å². The van der Waals surface area contributed by atoms with Crippen molar-refractivity contribution in [2.75, 3.05) is 0 Å². The van der Waals surface area contributed by atoms with Gasteiger partial charge in [0, 0.05) is 19.3 Å². The lowest BCUT2D eigenvalue weighted by atomic mass is 9.55. The first kappa shape index (κ1) is 32.5. The first-order chi connectivity index (χ1) is 19.6. The van der Waals surface area contributed by atoms with Gasteiger partial charge in [-0.05, 0) is 16.7 Å². The van der Waals surface area contributed by atoms with Crippen molar-refractivity contribution in [1.29, 1.82) is 0 Å². The van der Waals surface area contributed by atoms with Crippen molar-refractivity contribution in [2.45, 2.75) is 52.1 Å². The Morgan fingerprint density at radius 3 is 0.952 bits per heavy atom. The van der Waals surface area contributed by atoms with Crippen LogP contribution < -0.4 is 14.7 Å². The predicted molar refractivity (Wildman–Crippen MR) is 143 cm³/mol. The third kappa shape index (κ3) is 4.27. The van der Waals surface area contributed by atoms with E-state index >= 15 is 0 Å². The summed E-state index contributed by atoms with van der Waals surface area (Å²) in [6.07, 6.45) is -3.68. The van der Waals surface area contributed by atoms with E-state index in [1.165, 1.54) is 91.0 Å². The summed E-state index contributed by atoms with van der Waals surface area (Å²) in [5.41, 5.74) is -12.1. The van der Waals surface area contributed by atoms with Crippen molar-refractivity contribution in [1.82, 2.24) is 0 Å². The lowest BCUT2D eigenvalue weighted by molar-refractivity contribution is -0.396. The molecular formula is C27H27O12P3. The molecule has 0 saturated heterocycles. The van der Waals surface area contributed by atoms with Crippen LogP contribution in [0, 0.1) is 0 Å². The van der Waals surface area contributed by atoms with E-state index in [1.54, 1.807) is 0 Å². The third-order valence-electron chi connectivity index (χ3n) is 8.18. The molecule has 0 aromatic heterocycles. The minimum Gasteiger partial charge on any atom is -0.593 e. The van der Waals surface area contributed by atoms with Gasteiger partial charge in [-0.3, -0.25) is 0 Å². The standard InChI is InChI=1S/C27H27O12P3/c28-22(16-19-10-4-1-5-11-19)23(29,17-20-12-6-2-7-13-20)26(32,41(36)37)27(33,42(38)39)24(30,25(22,31)40(34)35)18-21-14-8-3-9-15-21/h1-15,28-33H,16-18H2/t22-,23-,24+,25+,26+,27+/m1/s1. The van der Waals surface area contributed by atoms with E-state index in [-0.39, 0.29) is 16.7 Å². The molecular weight excluding hydrogens is 609 g/mol. The van der Waals surface area contributed by atoms with E-state index < -0.39 is 76.2 Å². The zero-order valence-corrected chi connectivity index (χ0v) is 24.4. The Morgan fingerprint density at radius 2 is 0.667 bits per heavy atom. The Balaban J connectivity index is 2.22. The molecule has 15 heteroatoms. The van der Waals surface area contributed by atoms with Crippen molar-refractivity contribution < 1.29 is 59.0 Å². The highest BCUT2D eigenvalue weighted by Crippen LogP contribution is 2.73. The van der Waals surface area contributed by atoms with E-state index in [2.05, 4.69) is 0 Å². The highest BCUT2D eigenvalue weighted by molar-refractivity contribution is 7.44. The SMILES string of the molecule is O=[P+]([O-])[C@@]1(O)[C@@](O)(Cc2ccccc2)[C@](O)(Cc2ccccc2)[C@](O)([P+](=O)[O-])[C@@](O)([P+](=O)[O-])[C@]1(O)Cc1ccccc1. The predicted octanol–water partition coefficient (Wildman–Crippen LogP) is -0.705. The maximum atomic E-state index is 13.1. The van der Waals surface area contributed by atoms with Gasteiger partial charge >= 0.3 is 40.1 Å². The maximum absolute atomic E-state index is 13.1. The molecule has 0 spiro atoms. The molecule has 3 aromatic rings. The molecule has 4 rings (SSSR count). The molecule has 222 valence electrons. The van der Waals surface area contributed by atoms with E-state index in [0.717, 1.165) is 0 Å². The highest BCUT2D eigenvalue weighted by atomic mass is 31.1. The van der Waals surface area contributed by atoms with Crippen LogP contribution in [0.4, 0.5) is 0 Å². The number of hydrogen-bond acceptors (Lipinski definition) is 12. The first-order valence-electron chi connectivity index (χ1n) is 12.5. The summed E-state index contributed by atoms with van der Waals surface area (Å²) < 4.78 is 39.1. The quantitative estimate of drug-likeness (QED) is 0.160. The van der Waals surface area contributed by atoms with Crippen LogP contribution in [0.25, 0.3) is 0 Å². The molecule has 12 nitrogen and oxygen atoms in total. The lowest BCUT2D eigenvalue weighted by Gasteiger charge is -2.62. The van der Waals surface area contributed by atoms with Crippen LogP contribution >= 0.6 is 24.1 Å². The molecule has 1 aliphatic carbocycles. The molecule has 0 bridgehead atoms. The van der Waals surface area contributed by atoms with Crippen molar-refractivity contribution in [3.05, 3.63) is 108 Å². The van der Waals surface area contributed by atoms with Gasteiger partial charge in [0.25, 0.3) is 0 Å². The Kier molecular flexibility index (Phi) is 8.72. The van der Waals surface area contributed by atoms with E-state index in [4.69, 9.17) is 0 Å². The second kappa shape index (κ2) is 11.3. The molecule has 42 heavy (non-hydrogen) atoms. The molecule has 6 N–H and O–H groups in total. The normalized spacial score (nSPS) is 35.8. The fourth-order valence-electron chi connectivity index (χ4n) is 6.06. The minimum atomic E-state index is -4.85. The number of rotatable bonds is 9. The van der Waals surface area contributed by atoms with Gasteiger partial charge < -0.3 is 45.3 Å². The highest BCUT2D eigenvalue weighted by Gasteiger charge is 3.02. The molecule has 0 amide bonds. The molecule has 0 radical (unpaired) electrons. The summed E-state index contributed by atoms with van der Waals surface area (Å²) in [6.45, 7) is 0. The zero-order valence-electron chi connectivity index (χ0n) is 21.8. The first-order valence-corrected chi connectivity index (χ1v) is 16.0. The van der Waals surface area contributed by atoms with E-state index in [9.17, 15) is 59.0 Å². The summed E-state index contributed by atoms with van der Waals surface area (Å²) in [5, 5.41) is 59.6. The van der Waals surface area contributed by atoms with Crippen LogP contribution in [0.3, 0.4) is 0 Å². The second-order valence-electron chi connectivity index (χ2n) is 10.4. The van der Waals surface area contributed by atoms with Gasteiger partial charge in [-0.15, -0.1) is 0 Å². The van der Waals surface area contributed by atoms with Crippen LogP contribution in [0.15, 0.2) is 91.0 Å². The van der Waals surface area contributed by atoms with E-state index in [0.29, 0.717) is 0 Å². The fraction of sp³-hybridized carbons (Fsp3) is 0.333. The largest absolute Gasteiger partial charge is 0.593 e. The second-order valence-corrected chi connectivity index (χ2v) is 13.8. The third-order valence-corrected chi connectivity index (χ3v) is 12.1. The summed E-state index contributed by atoms with van der Waals surface area (Å²) >= 11 is 0. The van der Waals surface area contributed by atoms with Crippen molar-refractivity contribution >= 4 is 24.1 Å². The molecule has 1 fully saturated rings. The smallest absolute Gasteiger partial charge is 0.374 e. The average Bonchev–Trinajstić information content (AvgIpc) is 2.96. The lowest BCUT2D eigenvalue weighted by Crippen LogP contribution is -2.94. The van der Waals surface area contributed by atoms with Gasteiger partial charge in [0.2, 0.25) is 5.60 Å². The maximum Gasteiger partial charge on any atom is 0.374 e. The van der Waals surface area contributed by atoms with Crippen LogP contribution in [0.5, 0.6) is 0 Å². The summed E-state index contributed by atoms with van der Waals surface area (Å²) in [7, 11) is -14.3.